The highest BCUT2D eigenvalue weighted by molar-refractivity contribution is 5.08. The molecule has 2 aliphatic heterocycles. The maximum Gasteiger partial charge on any atom is 0.194 e. The molecule has 1 N–H and O–H groups in total. The molecule has 0 spiro atoms. The van der Waals surface area contributed by atoms with Gasteiger partial charge < -0.3 is 24.1 Å². The first-order valence-corrected chi connectivity index (χ1v) is 6.77. The Morgan fingerprint density at radius 2 is 1.68 bits per heavy atom. The summed E-state index contributed by atoms with van der Waals surface area (Å²) in [6.45, 7) is 11.6. The predicted molar refractivity (Wildman–Crippen MR) is 69.9 cm³/mol. The minimum absolute atomic E-state index is 0.276. The Kier molecular flexibility index (Phi) is 3.52. The first-order chi connectivity index (χ1) is 8.50. The van der Waals surface area contributed by atoms with Crippen molar-refractivity contribution in [3.8, 4) is 0 Å². The fourth-order valence-corrected chi connectivity index (χ4v) is 2.78. The monoisotopic (exact) mass is 274 g/mol. The third kappa shape index (κ3) is 2.54. The summed E-state index contributed by atoms with van der Waals surface area (Å²) in [5, 5.41) is 10.5. The van der Waals surface area contributed by atoms with E-state index in [4.69, 9.17) is 18.9 Å². The van der Waals surface area contributed by atoms with E-state index in [1.54, 1.807) is 7.11 Å². The van der Waals surface area contributed by atoms with Crippen LogP contribution in [0.1, 0.15) is 41.5 Å². The Hall–Kier alpha value is -0.200. The number of hydrogen-bond donors (Lipinski definition) is 1. The molecule has 112 valence electrons. The van der Waals surface area contributed by atoms with Gasteiger partial charge in [-0.1, -0.05) is 0 Å². The van der Waals surface area contributed by atoms with Crippen LogP contribution in [0.15, 0.2) is 0 Å². The molecule has 2 saturated heterocycles. The van der Waals surface area contributed by atoms with E-state index in [2.05, 4.69) is 0 Å². The summed E-state index contributed by atoms with van der Waals surface area (Å²) < 4.78 is 23.0. The lowest BCUT2D eigenvalue weighted by atomic mass is 9.81. The molecule has 5 heteroatoms. The first-order valence-electron chi connectivity index (χ1n) is 6.77. The van der Waals surface area contributed by atoms with Gasteiger partial charge in [-0.25, -0.2) is 0 Å². The third-order valence-electron chi connectivity index (χ3n) is 3.83. The normalized spacial score (nSPS) is 45.5. The van der Waals surface area contributed by atoms with E-state index in [9.17, 15) is 5.11 Å². The standard InChI is InChI=1S/C14H26O5/c1-12(2,3)18-10-8(15)9-11(19-13(10,4)5)14(6,16-7)17-9/h8-11,15H,1-7H3. The van der Waals surface area contributed by atoms with Crippen molar-refractivity contribution in [2.75, 3.05) is 7.11 Å². The zero-order valence-electron chi connectivity index (χ0n) is 12.9. The number of fused-ring (bicyclic) bond motifs is 1. The topological polar surface area (TPSA) is 57.2 Å². The SMILES string of the molecule is COC1(C)OC2C(O)C(OC(C)(C)C)C(C)(C)OC21. The molecule has 2 heterocycles. The van der Waals surface area contributed by atoms with Crippen LogP contribution in [0, 0.1) is 0 Å². The third-order valence-corrected chi connectivity index (χ3v) is 3.83. The van der Waals surface area contributed by atoms with E-state index in [1.165, 1.54) is 0 Å². The number of hydrogen-bond acceptors (Lipinski definition) is 5. The Labute approximate surface area is 115 Å². The number of ether oxygens (including phenoxy) is 4. The average Bonchev–Trinajstić information content (AvgIpc) is 2.26. The van der Waals surface area contributed by atoms with E-state index in [0.29, 0.717) is 0 Å². The van der Waals surface area contributed by atoms with Crippen LogP contribution in [-0.2, 0) is 18.9 Å². The lowest BCUT2D eigenvalue weighted by Crippen LogP contribution is -2.77. The van der Waals surface area contributed by atoms with Gasteiger partial charge in [0, 0.05) is 7.11 Å². The molecular formula is C14H26O5. The quantitative estimate of drug-likeness (QED) is 0.826. The molecular weight excluding hydrogens is 248 g/mol. The van der Waals surface area contributed by atoms with Crippen LogP contribution in [0.2, 0.25) is 0 Å². The molecule has 0 aromatic carbocycles. The smallest absolute Gasteiger partial charge is 0.194 e. The Bertz CT molecular complexity index is 348. The molecule has 2 rings (SSSR count). The second-order valence-electron chi connectivity index (χ2n) is 7.09. The molecule has 0 aromatic heterocycles. The molecule has 0 saturated carbocycles. The minimum Gasteiger partial charge on any atom is -0.387 e. The van der Waals surface area contributed by atoms with E-state index in [0.717, 1.165) is 0 Å². The summed E-state index contributed by atoms with van der Waals surface area (Å²) in [5.74, 6) is -0.782. The predicted octanol–water partition coefficient (Wildman–Crippen LogP) is 1.47. The van der Waals surface area contributed by atoms with Crippen LogP contribution in [0.25, 0.3) is 0 Å². The molecule has 5 atom stereocenters. The van der Waals surface area contributed by atoms with Crippen LogP contribution in [0.3, 0.4) is 0 Å². The first kappa shape index (κ1) is 15.2. The van der Waals surface area contributed by atoms with Gasteiger partial charge in [-0.15, -0.1) is 0 Å². The average molecular weight is 274 g/mol. The number of rotatable bonds is 2. The van der Waals surface area contributed by atoms with Gasteiger partial charge in [-0.05, 0) is 41.5 Å². The highest BCUT2D eigenvalue weighted by Crippen LogP contribution is 2.47. The van der Waals surface area contributed by atoms with Gasteiger partial charge in [-0.3, -0.25) is 0 Å². The van der Waals surface area contributed by atoms with Crippen molar-refractivity contribution < 1.29 is 24.1 Å². The largest absolute Gasteiger partial charge is 0.387 e. The lowest BCUT2D eigenvalue weighted by molar-refractivity contribution is -0.452. The second-order valence-corrected chi connectivity index (χ2v) is 7.09. The van der Waals surface area contributed by atoms with Crippen LogP contribution in [0.4, 0.5) is 0 Å². The van der Waals surface area contributed by atoms with E-state index in [1.807, 2.05) is 41.5 Å². The van der Waals surface area contributed by atoms with Crippen molar-refractivity contribution in [1.29, 1.82) is 0 Å². The van der Waals surface area contributed by atoms with Gasteiger partial charge in [0.05, 0.1) is 11.2 Å². The second kappa shape index (κ2) is 4.40. The summed E-state index contributed by atoms with van der Waals surface area (Å²) in [6, 6.07) is 0. The Morgan fingerprint density at radius 3 is 2.16 bits per heavy atom. The molecule has 0 bridgehead atoms. The molecule has 19 heavy (non-hydrogen) atoms. The van der Waals surface area contributed by atoms with Gasteiger partial charge in [0.15, 0.2) is 5.79 Å². The van der Waals surface area contributed by atoms with Crippen LogP contribution < -0.4 is 0 Å². The maximum atomic E-state index is 10.5. The lowest BCUT2D eigenvalue weighted by Gasteiger charge is -2.60. The van der Waals surface area contributed by atoms with Crippen molar-refractivity contribution in [1.82, 2.24) is 0 Å². The molecule has 0 amide bonds. The summed E-state index contributed by atoms with van der Waals surface area (Å²) >= 11 is 0. The molecule has 2 fully saturated rings. The summed E-state index contributed by atoms with van der Waals surface area (Å²) in [4.78, 5) is 0. The molecule has 0 radical (unpaired) electrons. The summed E-state index contributed by atoms with van der Waals surface area (Å²) in [7, 11) is 1.58. The molecule has 2 aliphatic rings. The van der Waals surface area contributed by atoms with E-state index in [-0.39, 0.29) is 11.7 Å². The van der Waals surface area contributed by atoms with Crippen LogP contribution >= 0.6 is 0 Å². The fraction of sp³-hybridized carbons (Fsp3) is 1.00. The molecule has 5 unspecified atom stereocenters. The van der Waals surface area contributed by atoms with Crippen LogP contribution in [-0.4, -0.2) is 53.6 Å². The van der Waals surface area contributed by atoms with E-state index >= 15 is 0 Å². The van der Waals surface area contributed by atoms with Gasteiger partial charge in [-0.2, -0.15) is 0 Å². The van der Waals surface area contributed by atoms with E-state index < -0.39 is 29.7 Å². The molecule has 5 nitrogen and oxygen atoms in total. The van der Waals surface area contributed by atoms with Gasteiger partial charge in [0.25, 0.3) is 0 Å². The zero-order chi connectivity index (χ0) is 14.6. The van der Waals surface area contributed by atoms with Crippen LogP contribution in [0.5, 0.6) is 0 Å². The maximum absolute atomic E-state index is 10.5. The van der Waals surface area contributed by atoms with Crippen molar-refractivity contribution >= 4 is 0 Å². The number of methoxy groups -OCH3 is 1. The van der Waals surface area contributed by atoms with Crippen molar-refractivity contribution in [2.45, 2.75) is 82.9 Å². The zero-order valence-corrected chi connectivity index (χ0v) is 12.9. The van der Waals surface area contributed by atoms with Crippen molar-refractivity contribution in [2.24, 2.45) is 0 Å². The Morgan fingerprint density at radius 1 is 1.11 bits per heavy atom. The molecule has 0 aromatic rings. The minimum atomic E-state index is -0.782. The van der Waals surface area contributed by atoms with Gasteiger partial charge >= 0.3 is 0 Å². The highest BCUT2D eigenvalue weighted by Gasteiger charge is 2.65. The summed E-state index contributed by atoms with van der Waals surface area (Å²) in [5.41, 5.74) is -0.954. The molecule has 0 aliphatic carbocycles. The number of aliphatic hydroxyl groups excluding tert-OH is 1. The summed E-state index contributed by atoms with van der Waals surface area (Å²) in [6.07, 6.45) is -1.83. The number of aliphatic hydroxyl groups is 1. The fourth-order valence-electron chi connectivity index (χ4n) is 2.78. The van der Waals surface area contributed by atoms with Crippen molar-refractivity contribution in [3.05, 3.63) is 0 Å². The van der Waals surface area contributed by atoms with Gasteiger partial charge in [0.1, 0.15) is 24.4 Å². The highest BCUT2D eigenvalue weighted by atomic mass is 16.8. The van der Waals surface area contributed by atoms with Crippen molar-refractivity contribution in [3.63, 3.8) is 0 Å². The Balaban J connectivity index is 2.18. The van der Waals surface area contributed by atoms with Gasteiger partial charge in [0.2, 0.25) is 0 Å².